The van der Waals surface area contributed by atoms with Gasteiger partial charge in [-0.1, -0.05) is 139 Å². The van der Waals surface area contributed by atoms with Crippen LogP contribution in [0.4, 0.5) is 0 Å². The van der Waals surface area contributed by atoms with Crippen LogP contribution >= 0.6 is 23.5 Å². The molecule has 0 saturated heterocycles. The summed E-state index contributed by atoms with van der Waals surface area (Å²) in [6.45, 7) is 0. The smallest absolute Gasteiger partial charge is 0.235 e. The van der Waals surface area contributed by atoms with Crippen LogP contribution in [-0.4, -0.2) is 14.5 Å². The minimum absolute atomic E-state index is 0.620. The lowest BCUT2D eigenvalue weighted by atomic mass is 10.00. The van der Waals surface area contributed by atoms with Gasteiger partial charge in [0.2, 0.25) is 5.95 Å². The van der Waals surface area contributed by atoms with Gasteiger partial charge in [-0.2, -0.15) is 0 Å². The standard InChI is InChI=1S/C50H29N3OS2/c1-3-12-31(13-4-1)41-28-35-19-23-38-47(49(35)54-41)48(32-14-5-2-6-15-32)52-50(51-38)53-39-24-21-33(27-37(39)46-36-16-8-7-11-30(36)20-25-40(46)53)34-22-26-44-45(29-34)56-43-18-10-9-17-42(43)55-44/h1-29H. The summed E-state index contributed by atoms with van der Waals surface area (Å²) in [4.78, 5) is 16.0. The Labute approximate surface area is 330 Å². The third-order valence-electron chi connectivity index (χ3n) is 10.9. The Morgan fingerprint density at radius 2 is 1.09 bits per heavy atom. The van der Waals surface area contributed by atoms with E-state index in [1.54, 1.807) is 0 Å². The molecule has 6 heteroatoms. The van der Waals surface area contributed by atoms with Crippen LogP contribution in [0.15, 0.2) is 200 Å². The van der Waals surface area contributed by atoms with Gasteiger partial charge in [-0.05, 0) is 82.6 Å². The average molecular weight is 752 g/mol. The van der Waals surface area contributed by atoms with Crippen LogP contribution in [0.2, 0.25) is 0 Å². The number of aromatic nitrogens is 3. The first-order valence-corrected chi connectivity index (χ1v) is 20.3. The molecule has 0 N–H and O–H groups in total. The SMILES string of the molecule is c1ccc(-c2cc3ccc4nc(-n5c6ccc(-c7ccc8c(c7)Sc7ccccc7S8)cc6c6c7ccccc7ccc65)nc(-c5ccccc5)c4c3o2)cc1. The quantitative estimate of drug-likeness (QED) is 0.179. The summed E-state index contributed by atoms with van der Waals surface area (Å²) in [6.07, 6.45) is 0. The molecule has 4 nitrogen and oxygen atoms in total. The van der Waals surface area contributed by atoms with Crippen LogP contribution in [0.25, 0.3) is 94.1 Å². The van der Waals surface area contributed by atoms with Gasteiger partial charge in [0.15, 0.2) is 0 Å². The summed E-state index contributed by atoms with van der Waals surface area (Å²) >= 11 is 3.70. The summed E-state index contributed by atoms with van der Waals surface area (Å²) in [5, 5.41) is 6.68. The molecule has 4 heterocycles. The van der Waals surface area contributed by atoms with Crippen LogP contribution in [0.3, 0.4) is 0 Å². The average Bonchev–Trinajstić information content (AvgIpc) is 3.85. The summed E-state index contributed by atoms with van der Waals surface area (Å²) in [5.41, 5.74) is 8.98. The van der Waals surface area contributed by atoms with E-state index in [9.17, 15) is 0 Å². The maximum absolute atomic E-state index is 6.67. The van der Waals surface area contributed by atoms with Gasteiger partial charge in [-0.15, -0.1) is 0 Å². The predicted octanol–water partition coefficient (Wildman–Crippen LogP) is 14.2. The fourth-order valence-electron chi connectivity index (χ4n) is 8.25. The van der Waals surface area contributed by atoms with E-state index < -0.39 is 0 Å². The normalized spacial score (nSPS) is 12.5. The largest absolute Gasteiger partial charge is 0.455 e. The molecule has 0 spiro atoms. The molecular weight excluding hydrogens is 723 g/mol. The van der Waals surface area contributed by atoms with Gasteiger partial charge in [0.05, 0.1) is 27.6 Å². The molecule has 1 aliphatic heterocycles. The van der Waals surface area contributed by atoms with Crippen LogP contribution in [0.1, 0.15) is 0 Å². The van der Waals surface area contributed by atoms with Crippen molar-refractivity contribution in [3.8, 4) is 39.7 Å². The highest BCUT2D eigenvalue weighted by Crippen LogP contribution is 2.49. The lowest BCUT2D eigenvalue weighted by molar-refractivity contribution is 0.635. The maximum atomic E-state index is 6.67. The van der Waals surface area contributed by atoms with E-state index in [2.05, 4.69) is 156 Å². The molecule has 0 saturated carbocycles. The number of hydrogen-bond donors (Lipinski definition) is 0. The molecule has 1 aliphatic rings. The first kappa shape index (κ1) is 31.7. The predicted molar refractivity (Wildman–Crippen MR) is 232 cm³/mol. The van der Waals surface area contributed by atoms with Gasteiger partial charge < -0.3 is 4.42 Å². The number of benzene rings is 8. The van der Waals surface area contributed by atoms with Crippen LogP contribution in [0.5, 0.6) is 0 Å². The monoisotopic (exact) mass is 751 g/mol. The van der Waals surface area contributed by atoms with Crippen molar-refractivity contribution in [2.75, 3.05) is 0 Å². The second kappa shape index (κ2) is 12.5. The Hall–Kier alpha value is -6.60. The minimum Gasteiger partial charge on any atom is -0.455 e. The van der Waals surface area contributed by atoms with E-state index in [4.69, 9.17) is 14.4 Å². The van der Waals surface area contributed by atoms with Crippen molar-refractivity contribution in [2.45, 2.75) is 19.6 Å². The number of hydrogen-bond acceptors (Lipinski definition) is 5. The van der Waals surface area contributed by atoms with Crippen LogP contribution in [0, 0.1) is 0 Å². The molecule has 0 atom stereocenters. The fourth-order valence-corrected chi connectivity index (χ4v) is 10.5. The molecule has 0 aliphatic carbocycles. The van der Waals surface area contributed by atoms with Crippen LogP contribution < -0.4 is 0 Å². The Morgan fingerprint density at radius 1 is 0.429 bits per heavy atom. The molecule has 262 valence electrons. The first-order chi connectivity index (χ1) is 27.7. The Balaban J connectivity index is 1.09. The molecule has 11 aromatic rings. The Bertz CT molecular complexity index is 3370. The molecular formula is C50H29N3OS2. The van der Waals surface area contributed by atoms with E-state index >= 15 is 0 Å². The zero-order valence-electron chi connectivity index (χ0n) is 29.8. The molecule has 0 amide bonds. The molecule has 8 aromatic carbocycles. The second-order valence-electron chi connectivity index (χ2n) is 14.2. The van der Waals surface area contributed by atoms with Gasteiger partial charge >= 0.3 is 0 Å². The number of fused-ring (bicyclic) bond motifs is 10. The molecule has 3 aromatic heterocycles. The minimum atomic E-state index is 0.620. The van der Waals surface area contributed by atoms with Crippen molar-refractivity contribution >= 4 is 78.0 Å². The summed E-state index contributed by atoms with van der Waals surface area (Å²) in [7, 11) is 0. The van der Waals surface area contributed by atoms with E-state index in [0.717, 1.165) is 55.5 Å². The lowest BCUT2D eigenvalue weighted by Gasteiger charge is -2.19. The molecule has 0 fully saturated rings. The molecule has 0 radical (unpaired) electrons. The summed E-state index contributed by atoms with van der Waals surface area (Å²) in [6, 6.07) is 62.4. The van der Waals surface area contributed by atoms with Gasteiger partial charge in [0, 0.05) is 46.9 Å². The zero-order chi connectivity index (χ0) is 36.7. The van der Waals surface area contributed by atoms with E-state index in [-0.39, 0.29) is 0 Å². The lowest BCUT2D eigenvalue weighted by Crippen LogP contribution is -2.03. The van der Waals surface area contributed by atoms with Crippen molar-refractivity contribution in [3.63, 3.8) is 0 Å². The first-order valence-electron chi connectivity index (χ1n) is 18.6. The third kappa shape index (κ3) is 4.96. The van der Waals surface area contributed by atoms with Crippen molar-refractivity contribution in [2.24, 2.45) is 0 Å². The van der Waals surface area contributed by atoms with Gasteiger partial charge in [-0.25, -0.2) is 9.97 Å². The van der Waals surface area contributed by atoms with Gasteiger partial charge in [-0.3, -0.25) is 4.57 Å². The fraction of sp³-hybridized carbons (Fsp3) is 0. The molecule has 12 rings (SSSR count). The molecule has 0 unspecified atom stereocenters. The van der Waals surface area contributed by atoms with Gasteiger partial charge in [0.1, 0.15) is 11.3 Å². The van der Waals surface area contributed by atoms with E-state index in [0.29, 0.717) is 5.95 Å². The van der Waals surface area contributed by atoms with E-state index in [1.165, 1.54) is 52.3 Å². The highest BCUT2D eigenvalue weighted by atomic mass is 32.2. The Kier molecular flexibility index (Phi) is 7.06. The second-order valence-corrected chi connectivity index (χ2v) is 16.3. The van der Waals surface area contributed by atoms with Crippen molar-refractivity contribution in [3.05, 3.63) is 176 Å². The molecule has 0 bridgehead atoms. The summed E-state index contributed by atoms with van der Waals surface area (Å²) in [5.74, 6) is 1.44. The third-order valence-corrected chi connectivity index (χ3v) is 13.4. The van der Waals surface area contributed by atoms with E-state index in [1.807, 2.05) is 47.8 Å². The summed E-state index contributed by atoms with van der Waals surface area (Å²) < 4.78 is 8.91. The van der Waals surface area contributed by atoms with Crippen molar-refractivity contribution < 1.29 is 4.42 Å². The highest BCUT2D eigenvalue weighted by molar-refractivity contribution is 8.05. The van der Waals surface area contributed by atoms with Crippen molar-refractivity contribution in [1.29, 1.82) is 0 Å². The number of furan rings is 1. The topological polar surface area (TPSA) is 43.9 Å². The molecule has 56 heavy (non-hydrogen) atoms. The highest BCUT2D eigenvalue weighted by Gasteiger charge is 2.23. The maximum Gasteiger partial charge on any atom is 0.235 e. The number of nitrogens with zero attached hydrogens (tertiary/aromatic N) is 3. The zero-order valence-corrected chi connectivity index (χ0v) is 31.4. The van der Waals surface area contributed by atoms with Crippen molar-refractivity contribution in [1.82, 2.24) is 14.5 Å². The van der Waals surface area contributed by atoms with Crippen LogP contribution in [-0.2, 0) is 0 Å². The Morgan fingerprint density at radius 3 is 1.93 bits per heavy atom. The number of rotatable bonds is 4. The van der Waals surface area contributed by atoms with Gasteiger partial charge in [0.25, 0.3) is 0 Å².